The van der Waals surface area contributed by atoms with E-state index >= 15 is 0 Å². The smallest absolute Gasteiger partial charge is 0.230 e. The molecule has 5 heteroatoms. The average Bonchev–Trinajstić information content (AvgIpc) is 3.57. The largest absolute Gasteiger partial charge is 0.507 e. The Hall–Kier alpha value is -5.31. The number of rotatable bonds is 5. The van der Waals surface area contributed by atoms with Crippen LogP contribution < -0.4 is 0 Å². The molecule has 8 rings (SSSR count). The van der Waals surface area contributed by atoms with Gasteiger partial charge in [-0.1, -0.05) is 125 Å². The maximum absolute atomic E-state index is 11.2. The van der Waals surface area contributed by atoms with Crippen LogP contribution in [-0.2, 0) is 31.9 Å². The normalized spacial score (nSPS) is 12.0. The first-order valence-corrected chi connectivity index (χ1v) is 19.5. The molecule has 6 aromatic carbocycles. The zero-order valence-corrected chi connectivity index (χ0v) is 36.7. The molecule has 0 amide bonds. The summed E-state index contributed by atoms with van der Waals surface area (Å²) in [6, 6.07) is 40.1. The van der Waals surface area contributed by atoms with Gasteiger partial charge in [0.25, 0.3) is 0 Å². The number of oxazole rings is 1. The molecule has 0 bridgehead atoms. The molecule has 0 saturated carbocycles. The molecular formula is C52H49N2O2Pt-. The molecule has 57 heavy (non-hydrogen) atoms. The van der Waals surface area contributed by atoms with Gasteiger partial charge in [-0.2, -0.15) is 0 Å². The average molecular weight is 929 g/mol. The molecule has 2 aromatic heterocycles. The van der Waals surface area contributed by atoms with Crippen molar-refractivity contribution < 1.29 is 30.6 Å². The standard InChI is InChI=1S/C52H49N2O2.Pt/c1-30-14-11-15-31(2)46(30)37-23-35(22-36(24-37)42-29-40(52(8,9)10)25-34-18-13-21-53-48(34)42)41-26-38(47-32(3)16-12-17-33(47)4)27-45-49(41)54-50(56-45)43-28-39(51(5,6)7)19-20-44(43)55;/h11-21,23-29,55H,1-10H3;/q-1;. The van der Waals surface area contributed by atoms with Gasteiger partial charge in [-0.3, -0.25) is 4.98 Å². The third kappa shape index (κ3) is 7.49. The molecule has 0 atom stereocenters. The Morgan fingerprint density at radius 2 is 1.11 bits per heavy atom. The monoisotopic (exact) mass is 928 g/mol. The topological polar surface area (TPSA) is 59.2 Å². The van der Waals surface area contributed by atoms with Crippen molar-refractivity contribution in [2.45, 2.75) is 80.1 Å². The number of hydrogen-bond donors (Lipinski definition) is 1. The molecule has 0 unspecified atom stereocenters. The minimum absolute atomic E-state index is 0. The predicted molar refractivity (Wildman–Crippen MR) is 233 cm³/mol. The molecule has 0 fully saturated rings. The Balaban J connectivity index is 0.00000496. The van der Waals surface area contributed by atoms with Crippen molar-refractivity contribution in [1.82, 2.24) is 9.97 Å². The SMILES string of the molecule is Cc1cccc(C)c1-c1cc(-c2cc(C(C)(C)C)cc3cccnc23)[c-]c(-c2cc(-c3c(C)cccc3C)cc3oc(-c4cc(C(C)(C)C)ccc4O)nc23)c1.[Pt]. The van der Waals surface area contributed by atoms with Crippen molar-refractivity contribution in [3.8, 4) is 61.7 Å². The second-order valence-corrected chi connectivity index (χ2v) is 17.5. The zero-order valence-electron chi connectivity index (χ0n) is 34.5. The van der Waals surface area contributed by atoms with Crippen LogP contribution in [0.3, 0.4) is 0 Å². The molecule has 4 nitrogen and oxygen atoms in total. The van der Waals surface area contributed by atoms with E-state index in [9.17, 15) is 5.11 Å². The van der Waals surface area contributed by atoms with Gasteiger partial charge in [-0.15, -0.1) is 29.3 Å². The van der Waals surface area contributed by atoms with Crippen molar-refractivity contribution >= 4 is 22.0 Å². The van der Waals surface area contributed by atoms with Crippen molar-refractivity contribution in [3.63, 3.8) is 0 Å². The van der Waals surface area contributed by atoms with Crippen molar-refractivity contribution in [2.75, 3.05) is 0 Å². The minimum Gasteiger partial charge on any atom is -0.507 e. The Labute approximate surface area is 351 Å². The Kier molecular flexibility index (Phi) is 10.4. The number of pyridine rings is 1. The second kappa shape index (κ2) is 14.9. The van der Waals surface area contributed by atoms with Gasteiger partial charge in [-0.25, -0.2) is 4.98 Å². The fraction of sp³-hybridized carbons (Fsp3) is 0.231. The van der Waals surface area contributed by atoms with Crippen LogP contribution in [0.4, 0.5) is 0 Å². The van der Waals surface area contributed by atoms with Gasteiger partial charge < -0.3 is 9.52 Å². The van der Waals surface area contributed by atoms with E-state index in [0.29, 0.717) is 22.6 Å². The van der Waals surface area contributed by atoms with E-state index in [4.69, 9.17) is 14.4 Å². The van der Waals surface area contributed by atoms with Crippen molar-refractivity contribution in [3.05, 3.63) is 149 Å². The van der Waals surface area contributed by atoms with Crippen LogP contribution in [0.15, 0.2) is 114 Å². The van der Waals surface area contributed by atoms with Crippen LogP contribution in [0.5, 0.6) is 5.75 Å². The van der Waals surface area contributed by atoms with E-state index < -0.39 is 0 Å². The molecule has 0 aliphatic rings. The summed E-state index contributed by atoms with van der Waals surface area (Å²) in [7, 11) is 0. The number of hydrogen-bond acceptors (Lipinski definition) is 4. The van der Waals surface area contributed by atoms with E-state index in [1.165, 1.54) is 33.4 Å². The molecule has 0 spiro atoms. The number of aromatic nitrogens is 2. The molecule has 1 N–H and O–H groups in total. The summed E-state index contributed by atoms with van der Waals surface area (Å²) in [5.74, 6) is 0.507. The first-order valence-electron chi connectivity index (χ1n) is 19.5. The summed E-state index contributed by atoms with van der Waals surface area (Å²) in [5, 5.41) is 12.3. The maximum Gasteiger partial charge on any atom is 0.230 e. The second-order valence-electron chi connectivity index (χ2n) is 17.5. The minimum atomic E-state index is -0.127. The van der Waals surface area contributed by atoms with Crippen LogP contribution in [0.25, 0.3) is 78.0 Å². The van der Waals surface area contributed by atoms with Crippen molar-refractivity contribution in [1.29, 1.82) is 0 Å². The van der Waals surface area contributed by atoms with Gasteiger partial charge in [0, 0.05) is 32.8 Å². The van der Waals surface area contributed by atoms with Crippen LogP contribution in [0.2, 0.25) is 0 Å². The summed E-state index contributed by atoms with van der Waals surface area (Å²) in [5.41, 5.74) is 18.0. The van der Waals surface area contributed by atoms with Gasteiger partial charge in [-0.05, 0) is 118 Å². The Bertz CT molecular complexity index is 2790. The molecule has 0 saturated heterocycles. The zero-order chi connectivity index (χ0) is 39.7. The number of fused-ring (bicyclic) bond motifs is 2. The van der Waals surface area contributed by atoms with Crippen LogP contribution in [0, 0.1) is 33.8 Å². The Morgan fingerprint density at radius 1 is 0.561 bits per heavy atom. The van der Waals surface area contributed by atoms with Gasteiger partial charge >= 0.3 is 0 Å². The number of aromatic hydroxyl groups is 1. The first kappa shape index (κ1) is 39.9. The summed E-state index contributed by atoms with van der Waals surface area (Å²) in [4.78, 5) is 10.1. The number of benzene rings is 6. The van der Waals surface area contributed by atoms with E-state index in [0.717, 1.165) is 55.4 Å². The Morgan fingerprint density at radius 3 is 1.68 bits per heavy atom. The number of nitrogens with zero attached hydrogens (tertiary/aromatic N) is 2. The maximum atomic E-state index is 11.2. The fourth-order valence-corrected chi connectivity index (χ4v) is 8.04. The summed E-state index contributed by atoms with van der Waals surface area (Å²) < 4.78 is 6.69. The molecule has 8 aromatic rings. The molecule has 290 valence electrons. The quantitative estimate of drug-likeness (QED) is 0.175. The summed E-state index contributed by atoms with van der Waals surface area (Å²) >= 11 is 0. The van der Waals surface area contributed by atoms with Gasteiger partial charge in [0.05, 0.1) is 11.1 Å². The number of phenols is 1. The van der Waals surface area contributed by atoms with Crippen LogP contribution in [0.1, 0.15) is 74.9 Å². The summed E-state index contributed by atoms with van der Waals surface area (Å²) in [6.45, 7) is 21.9. The molecule has 0 aliphatic heterocycles. The van der Waals surface area contributed by atoms with Gasteiger partial charge in [0.1, 0.15) is 11.3 Å². The van der Waals surface area contributed by atoms with E-state index in [2.05, 4.69) is 154 Å². The van der Waals surface area contributed by atoms with Crippen LogP contribution in [-0.4, -0.2) is 15.1 Å². The fourth-order valence-electron chi connectivity index (χ4n) is 8.04. The van der Waals surface area contributed by atoms with E-state index in [1.54, 1.807) is 6.07 Å². The number of aryl methyl sites for hydroxylation is 4. The first-order chi connectivity index (χ1) is 26.6. The van der Waals surface area contributed by atoms with Crippen molar-refractivity contribution in [2.24, 2.45) is 0 Å². The summed E-state index contributed by atoms with van der Waals surface area (Å²) in [6.07, 6.45) is 1.87. The predicted octanol–water partition coefficient (Wildman–Crippen LogP) is 14.0. The van der Waals surface area contributed by atoms with Crippen LogP contribution >= 0.6 is 0 Å². The van der Waals surface area contributed by atoms with E-state index in [-0.39, 0.29) is 37.6 Å². The van der Waals surface area contributed by atoms with Gasteiger partial charge in [0.2, 0.25) is 5.89 Å². The molecular weight excluding hydrogens is 880 g/mol. The third-order valence-corrected chi connectivity index (χ3v) is 11.1. The number of phenolic OH excluding ortho intramolecular Hbond substituents is 1. The van der Waals surface area contributed by atoms with Gasteiger partial charge in [0.15, 0.2) is 0 Å². The molecule has 0 aliphatic carbocycles. The van der Waals surface area contributed by atoms with E-state index in [1.807, 2.05) is 24.4 Å². The third-order valence-electron chi connectivity index (χ3n) is 11.1. The molecule has 2 heterocycles. The molecule has 0 radical (unpaired) electrons.